The van der Waals surface area contributed by atoms with Gasteiger partial charge in [0.15, 0.2) is 0 Å². The van der Waals surface area contributed by atoms with Crippen LogP contribution in [0, 0.1) is 10.1 Å². The van der Waals surface area contributed by atoms with E-state index in [1.807, 2.05) is 6.07 Å². The van der Waals surface area contributed by atoms with E-state index in [0.717, 1.165) is 0 Å². The summed E-state index contributed by atoms with van der Waals surface area (Å²) in [5.74, 6) is -1.67. The van der Waals surface area contributed by atoms with Gasteiger partial charge in [0.25, 0.3) is 11.6 Å². The van der Waals surface area contributed by atoms with E-state index in [1.54, 1.807) is 35.2 Å². The molecular formula is C21H23N5O5. The lowest BCUT2D eigenvalue weighted by molar-refractivity contribution is -0.384. The maximum absolute atomic E-state index is 12.6. The second-order valence-electron chi connectivity index (χ2n) is 7.02. The standard InChI is InChI=1S/C21H23N5O5/c27-19(20(28)23-17-6-2-1-3-7-17)22-9-10-24-11-13-25(14-12-24)21(29)16-5-4-8-18(15-16)26(30)31/h1-8,15H,9-14H2,(H,22,27)(H,23,28). The number of anilines is 1. The maximum atomic E-state index is 12.6. The van der Waals surface area contributed by atoms with E-state index in [9.17, 15) is 24.5 Å². The molecule has 1 aliphatic rings. The number of rotatable bonds is 6. The topological polar surface area (TPSA) is 125 Å². The molecule has 0 spiro atoms. The molecule has 0 unspecified atom stereocenters. The zero-order valence-corrected chi connectivity index (χ0v) is 16.8. The van der Waals surface area contributed by atoms with Crippen molar-refractivity contribution in [2.24, 2.45) is 0 Å². The third-order valence-electron chi connectivity index (χ3n) is 4.91. The summed E-state index contributed by atoms with van der Waals surface area (Å²) in [6.45, 7) is 3.01. The normalized spacial score (nSPS) is 14.0. The summed E-state index contributed by atoms with van der Waals surface area (Å²) in [5, 5.41) is 16.0. The van der Waals surface area contributed by atoms with E-state index in [4.69, 9.17) is 0 Å². The van der Waals surface area contributed by atoms with E-state index in [0.29, 0.717) is 50.5 Å². The number of benzene rings is 2. The summed E-state index contributed by atoms with van der Waals surface area (Å²) >= 11 is 0. The van der Waals surface area contributed by atoms with Crippen LogP contribution in [0.15, 0.2) is 54.6 Å². The van der Waals surface area contributed by atoms with Crippen LogP contribution in [0.4, 0.5) is 11.4 Å². The minimum Gasteiger partial charge on any atom is -0.347 e. The number of non-ortho nitro benzene ring substituents is 1. The Morgan fingerprint density at radius 1 is 0.935 bits per heavy atom. The molecule has 1 saturated heterocycles. The fourth-order valence-corrected chi connectivity index (χ4v) is 3.23. The molecule has 10 heteroatoms. The van der Waals surface area contributed by atoms with Gasteiger partial charge in [-0.05, 0) is 18.2 Å². The van der Waals surface area contributed by atoms with E-state index in [1.165, 1.54) is 18.2 Å². The predicted molar refractivity (Wildman–Crippen MR) is 114 cm³/mol. The molecule has 0 radical (unpaired) electrons. The predicted octanol–water partition coefficient (Wildman–Crippen LogP) is 1.11. The molecule has 2 aromatic carbocycles. The molecule has 31 heavy (non-hydrogen) atoms. The van der Waals surface area contributed by atoms with Gasteiger partial charge in [0, 0.05) is 62.7 Å². The number of carbonyl (C=O) groups is 3. The van der Waals surface area contributed by atoms with E-state index < -0.39 is 16.7 Å². The Labute approximate surface area is 179 Å². The first-order valence-electron chi connectivity index (χ1n) is 9.84. The molecule has 1 fully saturated rings. The van der Waals surface area contributed by atoms with Crippen LogP contribution < -0.4 is 10.6 Å². The molecule has 2 aromatic rings. The van der Waals surface area contributed by atoms with Gasteiger partial charge < -0.3 is 15.5 Å². The lowest BCUT2D eigenvalue weighted by Crippen LogP contribution is -2.50. The fraction of sp³-hybridized carbons (Fsp3) is 0.286. The van der Waals surface area contributed by atoms with Gasteiger partial charge in [-0.1, -0.05) is 24.3 Å². The lowest BCUT2D eigenvalue weighted by Gasteiger charge is -2.34. The van der Waals surface area contributed by atoms with Gasteiger partial charge in [0.2, 0.25) is 0 Å². The molecule has 0 aromatic heterocycles. The number of hydrogen-bond acceptors (Lipinski definition) is 6. The summed E-state index contributed by atoms with van der Waals surface area (Å²) < 4.78 is 0. The van der Waals surface area contributed by atoms with Crippen molar-refractivity contribution in [3.8, 4) is 0 Å². The summed E-state index contributed by atoms with van der Waals surface area (Å²) in [6.07, 6.45) is 0. The third kappa shape index (κ3) is 6.09. The van der Waals surface area contributed by atoms with Crippen molar-refractivity contribution in [3.05, 3.63) is 70.3 Å². The Bertz CT molecular complexity index is 958. The highest BCUT2D eigenvalue weighted by molar-refractivity contribution is 6.39. The molecule has 1 heterocycles. The largest absolute Gasteiger partial charge is 0.347 e. The van der Waals surface area contributed by atoms with E-state index in [2.05, 4.69) is 15.5 Å². The molecule has 3 amide bonds. The van der Waals surface area contributed by atoms with Crippen LogP contribution in [0.25, 0.3) is 0 Å². The molecule has 3 rings (SSSR count). The number of nitro groups is 1. The average Bonchev–Trinajstić information content (AvgIpc) is 2.79. The minimum atomic E-state index is -0.724. The highest BCUT2D eigenvalue weighted by Gasteiger charge is 2.23. The first kappa shape index (κ1) is 21.9. The van der Waals surface area contributed by atoms with Crippen LogP contribution in [0.1, 0.15) is 10.4 Å². The summed E-state index contributed by atoms with van der Waals surface area (Å²) in [5.41, 5.74) is 0.725. The summed E-state index contributed by atoms with van der Waals surface area (Å²) in [4.78, 5) is 50.5. The summed E-state index contributed by atoms with van der Waals surface area (Å²) in [7, 11) is 0. The van der Waals surface area contributed by atoms with Crippen molar-refractivity contribution >= 4 is 29.1 Å². The second-order valence-corrected chi connectivity index (χ2v) is 7.02. The first-order chi connectivity index (χ1) is 14.9. The number of para-hydroxylation sites is 1. The van der Waals surface area contributed by atoms with Gasteiger partial charge in [-0.25, -0.2) is 0 Å². The number of nitro benzene ring substituents is 1. The summed E-state index contributed by atoms with van der Waals surface area (Å²) in [6, 6.07) is 14.4. The number of amides is 3. The highest BCUT2D eigenvalue weighted by Crippen LogP contribution is 2.16. The lowest BCUT2D eigenvalue weighted by atomic mass is 10.1. The van der Waals surface area contributed by atoms with Gasteiger partial charge in [-0.3, -0.25) is 29.4 Å². The maximum Gasteiger partial charge on any atom is 0.313 e. The smallest absolute Gasteiger partial charge is 0.313 e. The average molecular weight is 425 g/mol. The number of piperazine rings is 1. The second kappa shape index (κ2) is 10.3. The molecule has 0 bridgehead atoms. The van der Waals surface area contributed by atoms with Crippen molar-refractivity contribution in [1.29, 1.82) is 0 Å². The van der Waals surface area contributed by atoms with Crippen molar-refractivity contribution in [1.82, 2.24) is 15.1 Å². The van der Waals surface area contributed by atoms with Gasteiger partial charge in [0.1, 0.15) is 0 Å². The SMILES string of the molecule is O=C(NCCN1CCN(C(=O)c2cccc([N+](=O)[O-])c2)CC1)C(=O)Nc1ccccc1. The number of hydrogen-bond donors (Lipinski definition) is 2. The Morgan fingerprint density at radius 2 is 1.65 bits per heavy atom. The van der Waals surface area contributed by atoms with Crippen LogP contribution in [0.3, 0.4) is 0 Å². The molecule has 0 aliphatic carbocycles. The fourth-order valence-electron chi connectivity index (χ4n) is 3.23. The van der Waals surface area contributed by atoms with Gasteiger partial charge in [-0.15, -0.1) is 0 Å². The van der Waals surface area contributed by atoms with Crippen molar-refractivity contribution < 1.29 is 19.3 Å². The monoisotopic (exact) mass is 425 g/mol. The molecular weight excluding hydrogens is 402 g/mol. The van der Waals surface area contributed by atoms with Crippen molar-refractivity contribution in [3.63, 3.8) is 0 Å². The first-order valence-corrected chi connectivity index (χ1v) is 9.84. The van der Waals surface area contributed by atoms with E-state index in [-0.39, 0.29) is 11.6 Å². The molecule has 1 aliphatic heterocycles. The minimum absolute atomic E-state index is 0.114. The Hall–Kier alpha value is -3.79. The van der Waals surface area contributed by atoms with Crippen molar-refractivity contribution in [2.45, 2.75) is 0 Å². The molecule has 2 N–H and O–H groups in total. The van der Waals surface area contributed by atoms with Crippen LogP contribution >= 0.6 is 0 Å². The van der Waals surface area contributed by atoms with Gasteiger partial charge in [0.05, 0.1) is 4.92 Å². The number of carbonyl (C=O) groups excluding carboxylic acids is 3. The van der Waals surface area contributed by atoms with Crippen molar-refractivity contribution in [2.75, 3.05) is 44.6 Å². The van der Waals surface area contributed by atoms with Crippen LogP contribution in [-0.4, -0.2) is 71.7 Å². The van der Waals surface area contributed by atoms with Crippen LogP contribution in [0.5, 0.6) is 0 Å². The molecule has 162 valence electrons. The van der Waals surface area contributed by atoms with Gasteiger partial charge >= 0.3 is 11.8 Å². The molecule has 10 nitrogen and oxygen atoms in total. The quantitative estimate of drug-likeness (QED) is 0.406. The van der Waals surface area contributed by atoms with E-state index >= 15 is 0 Å². The zero-order valence-electron chi connectivity index (χ0n) is 16.8. The Morgan fingerprint density at radius 3 is 2.32 bits per heavy atom. The van der Waals surface area contributed by atoms with Gasteiger partial charge in [-0.2, -0.15) is 0 Å². The Balaban J connectivity index is 1.39. The number of nitrogens with one attached hydrogen (secondary N) is 2. The zero-order chi connectivity index (χ0) is 22.2. The van der Waals surface area contributed by atoms with Crippen LogP contribution in [0.2, 0.25) is 0 Å². The number of nitrogens with zero attached hydrogens (tertiary/aromatic N) is 3. The molecule has 0 atom stereocenters. The highest BCUT2D eigenvalue weighted by atomic mass is 16.6. The molecule has 0 saturated carbocycles. The Kier molecular flexibility index (Phi) is 7.28. The van der Waals surface area contributed by atoms with Crippen LogP contribution in [-0.2, 0) is 9.59 Å². The third-order valence-corrected chi connectivity index (χ3v) is 4.91.